The van der Waals surface area contributed by atoms with Gasteiger partial charge in [-0.2, -0.15) is 5.10 Å². The zero-order valence-electron chi connectivity index (χ0n) is 16.7. The molecule has 0 aliphatic carbocycles. The van der Waals surface area contributed by atoms with E-state index in [1.165, 1.54) is 0 Å². The Balaban J connectivity index is 0.00000280. The number of ether oxygens (including phenoxy) is 1. The predicted molar refractivity (Wildman–Crippen MR) is 120 cm³/mol. The second-order valence-corrected chi connectivity index (χ2v) is 6.54. The van der Waals surface area contributed by atoms with Gasteiger partial charge in [-0.25, -0.2) is 0 Å². The van der Waals surface area contributed by atoms with E-state index < -0.39 is 0 Å². The molecule has 28 heavy (non-hydrogen) atoms. The van der Waals surface area contributed by atoms with Crippen LogP contribution >= 0.6 is 24.0 Å². The number of nitrogens with one attached hydrogen (secondary N) is 1. The summed E-state index contributed by atoms with van der Waals surface area (Å²) in [7, 11) is 5.25. The van der Waals surface area contributed by atoms with Crippen LogP contribution in [-0.4, -0.2) is 60.3 Å². The normalized spacial score (nSPS) is 14.7. The van der Waals surface area contributed by atoms with Crippen molar-refractivity contribution in [2.75, 3.05) is 38.7 Å². The Bertz CT molecular complexity index is 851. The topological polar surface area (TPSA) is 75.0 Å². The third kappa shape index (κ3) is 4.94. The fourth-order valence-electron chi connectivity index (χ4n) is 3.16. The van der Waals surface area contributed by atoms with Crippen LogP contribution in [0.1, 0.15) is 11.1 Å². The molecule has 3 rings (SSSR count). The molecule has 2 aromatic rings. The molecular formula is C19H27IN6O2. The number of guanidine groups is 1. The number of aromatic nitrogens is 2. The van der Waals surface area contributed by atoms with Crippen LogP contribution in [0.3, 0.4) is 0 Å². The van der Waals surface area contributed by atoms with E-state index >= 15 is 0 Å². The highest BCUT2D eigenvalue weighted by Crippen LogP contribution is 2.19. The van der Waals surface area contributed by atoms with Crippen LogP contribution < -0.4 is 15.0 Å². The van der Waals surface area contributed by atoms with E-state index in [0.717, 1.165) is 22.6 Å². The molecule has 0 spiro atoms. The van der Waals surface area contributed by atoms with Crippen molar-refractivity contribution in [1.29, 1.82) is 0 Å². The Morgan fingerprint density at radius 2 is 2.14 bits per heavy atom. The van der Waals surface area contributed by atoms with Gasteiger partial charge in [-0.05, 0) is 24.1 Å². The summed E-state index contributed by atoms with van der Waals surface area (Å²) >= 11 is 0. The number of nitrogens with zero attached hydrogens (tertiary/aromatic N) is 5. The van der Waals surface area contributed by atoms with Gasteiger partial charge < -0.3 is 19.9 Å². The molecule has 1 aromatic heterocycles. The number of anilines is 1. The first-order valence-corrected chi connectivity index (χ1v) is 8.90. The molecular weight excluding hydrogens is 471 g/mol. The van der Waals surface area contributed by atoms with Crippen molar-refractivity contribution in [2.24, 2.45) is 12.0 Å². The molecule has 0 bridgehead atoms. The molecule has 1 N–H and O–H groups in total. The molecule has 1 saturated heterocycles. The van der Waals surface area contributed by atoms with Gasteiger partial charge >= 0.3 is 0 Å². The third-order valence-electron chi connectivity index (χ3n) is 4.66. The number of aliphatic imine (C=N–C) groups is 1. The van der Waals surface area contributed by atoms with Crippen molar-refractivity contribution < 1.29 is 9.53 Å². The van der Waals surface area contributed by atoms with Crippen LogP contribution in [0.2, 0.25) is 0 Å². The average Bonchev–Trinajstić information content (AvgIpc) is 3.09. The molecule has 1 aliphatic rings. The van der Waals surface area contributed by atoms with Crippen LogP contribution in [0, 0.1) is 6.92 Å². The molecule has 152 valence electrons. The largest absolute Gasteiger partial charge is 0.496 e. The van der Waals surface area contributed by atoms with Gasteiger partial charge in [-0.15, -0.1) is 24.0 Å². The number of rotatable bonds is 4. The van der Waals surface area contributed by atoms with Crippen molar-refractivity contribution in [3.8, 4) is 5.75 Å². The Morgan fingerprint density at radius 1 is 1.36 bits per heavy atom. The monoisotopic (exact) mass is 498 g/mol. The van der Waals surface area contributed by atoms with Crippen molar-refractivity contribution in [3.05, 3.63) is 41.7 Å². The Kier molecular flexibility index (Phi) is 7.67. The summed E-state index contributed by atoms with van der Waals surface area (Å²) in [6, 6.07) is 6.11. The summed E-state index contributed by atoms with van der Waals surface area (Å²) in [6.45, 7) is 4.22. The smallest absolute Gasteiger partial charge is 0.246 e. The Labute approximate surface area is 182 Å². The van der Waals surface area contributed by atoms with Gasteiger partial charge in [0.25, 0.3) is 0 Å². The van der Waals surface area contributed by atoms with Crippen molar-refractivity contribution >= 4 is 41.5 Å². The van der Waals surface area contributed by atoms with Gasteiger partial charge in [0.05, 0.1) is 19.0 Å². The molecule has 1 aliphatic heterocycles. The molecule has 0 atom stereocenters. The molecule has 0 radical (unpaired) electrons. The van der Waals surface area contributed by atoms with Crippen LogP contribution in [0.4, 0.5) is 5.69 Å². The molecule has 0 unspecified atom stereocenters. The zero-order chi connectivity index (χ0) is 19.4. The van der Waals surface area contributed by atoms with Gasteiger partial charge in [0.1, 0.15) is 12.3 Å². The van der Waals surface area contributed by atoms with Crippen molar-refractivity contribution in [3.63, 3.8) is 0 Å². The number of carbonyl (C=O) groups excluding carboxylic acids is 1. The number of amides is 1. The highest BCUT2D eigenvalue weighted by molar-refractivity contribution is 14.0. The SMILES string of the molecule is CN=C(NCc1ccc(C)c(OC)c1)N1CCN(c2cnn(C)c2)C(=O)C1.I. The molecule has 1 aromatic carbocycles. The predicted octanol–water partition coefficient (Wildman–Crippen LogP) is 1.78. The van der Waals surface area contributed by atoms with Gasteiger partial charge in [0, 0.05) is 39.9 Å². The number of piperazine rings is 1. The lowest BCUT2D eigenvalue weighted by Gasteiger charge is -2.35. The van der Waals surface area contributed by atoms with E-state index in [-0.39, 0.29) is 36.4 Å². The highest BCUT2D eigenvalue weighted by Gasteiger charge is 2.27. The lowest BCUT2D eigenvalue weighted by Crippen LogP contribution is -2.55. The average molecular weight is 498 g/mol. The van der Waals surface area contributed by atoms with Crippen molar-refractivity contribution in [1.82, 2.24) is 20.0 Å². The van der Waals surface area contributed by atoms with Gasteiger partial charge in [-0.3, -0.25) is 14.5 Å². The maximum atomic E-state index is 12.6. The number of hydrogen-bond acceptors (Lipinski definition) is 4. The quantitative estimate of drug-likeness (QED) is 0.396. The van der Waals surface area contributed by atoms with Crippen molar-refractivity contribution in [2.45, 2.75) is 13.5 Å². The van der Waals surface area contributed by atoms with E-state index in [2.05, 4.69) is 21.5 Å². The first kappa shape index (κ1) is 22.0. The summed E-state index contributed by atoms with van der Waals surface area (Å²) in [5, 5.41) is 7.48. The second kappa shape index (κ2) is 9.76. The van der Waals surface area contributed by atoms with E-state index in [9.17, 15) is 4.79 Å². The third-order valence-corrected chi connectivity index (χ3v) is 4.66. The van der Waals surface area contributed by atoms with Crippen LogP contribution in [0.5, 0.6) is 5.75 Å². The van der Waals surface area contributed by atoms with E-state index in [1.807, 2.05) is 37.2 Å². The summed E-state index contributed by atoms with van der Waals surface area (Å²) < 4.78 is 7.08. The molecule has 1 fully saturated rings. The fraction of sp³-hybridized carbons (Fsp3) is 0.421. The van der Waals surface area contributed by atoms with Crippen LogP contribution in [-0.2, 0) is 18.4 Å². The zero-order valence-corrected chi connectivity index (χ0v) is 19.0. The lowest BCUT2D eigenvalue weighted by atomic mass is 10.1. The minimum absolute atomic E-state index is 0. The molecule has 1 amide bonds. The number of aryl methyl sites for hydroxylation is 2. The summed E-state index contributed by atoms with van der Waals surface area (Å²) in [5.41, 5.74) is 3.03. The standard InChI is InChI=1S/C19H26N6O2.HI/c1-14-5-6-15(9-17(14)27-4)10-21-19(20-2)24-7-8-25(18(26)13-24)16-11-22-23(3)12-16;/h5-6,9,11-12H,7-8,10,13H2,1-4H3,(H,20,21);1H. The summed E-state index contributed by atoms with van der Waals surface area (Å²) in [4.78, 5) is 20.7. The van der Waals surface area contributed by atoms with Crippen LogP contribution in [0.25, 0.3) is 0 Å². The number of hydrogen-bond donors (Lipinski definition) is 1. The van der Waals surface area contributed by atoms with Gasteiger partial charge in [0.15, 0.2) is 5.96 Å². The minimum Gasteiger partial charge on any atom is -0.496 e. The summed E-state index contributed by atoms with van der Waals surface area (Å²) in [5.74, 6) is 1.62. The van der Waals surface area contributed by atoms with E-state index in [4.69, 9.17) is 4.74 Å². The summed E-state index contributed by atoms with van der Waals surface area (Å²) in [6.07, 6.45) is 3.57. The number of carbonyl (C=O) groups is 1. The minimum atomic E-state index is 0. The molecule has 9 heteroatoms. The Hall–Kier alpha value is -2.30. The number of methoxy groups -OCH3 is 1. The molecule has 8 nitrogen and oxygen atoms in total. The maximum Gasteiger partial charge on any atom is 0.246 e. The van der Waals surface area contributed by atoms with Gasteiger partial charge in [-0.1, -0.05) is 12.1 Å². The molecule has 0 saturated carbocycles. The Morgan fingerprint density at radius 3 is 2.75 bits per heavy atom. The van der Waals surface area contributed by atoms with Crippen LogP contribution in [0.15, 0.2) is 35.6 Å². The molecule has 2 heterocycles. The number of benzene rings is 1. The first-order chi connectivity index (χ1) is 13.0. The fourth-order valence-corrected chi connectivity index (χ4v) is 3.16. The number of halogens is 1. The first-order valence-electron chi connectivity index (χ1n) is 8.90. The van der Waals surface area contributed by atoms with E-state index in [0.29, 0.717) is 25.6 Å². The second-order valence-electron chi connectivity index (χ2n) is 6.54. The lowest BCUT2D eigenvalue weighted by molar-refractivity contribution is -0.120. The van der Waals surface area contributed by atoms with Gasteiger partial charge in [0.2, 0.25) is 5.91 Å². The van der Waals surface area contributed by atoms with E-state index in [1.54, 1.807) is 29.9 Å². The highest BCUT2D eigenvalue weighted by atomic mass is 127. The maximum absolute atomic E-state index is 12.6.